The van der Waals surface area contributed by atoms with Crippen molar-refractivity contribution >= 4 is 10.0 Å². The van der Waals surface area contributed by atoms with Gasteiger partial charge in [-0.2, -0.15) is 9.57 Å². The lowest BCUT2D eigenvalue weighted by atomic mass is 10.2. The summed E-state index contributed by atoms with van der Waals surface area (Å²) in [5.74, 6) is 0. The van der Waals surface area contributed by atoms with Crippen molar-refractivity contribution in [2.75, 3.05) is 32.7 Å². The molecule has 6 heteroatoms. The van der Waals surface area contributed by atoms with Gasteiger partial charge < -0.3 is 0 Å². The molecule has 0 saturated carbocycles. The van der Waals surface area contributed by atoms with Crippen LogP contribution < -0.4 is 0 Å². The molecule has 114 valence electrons. The van der Waals surface area contributed by atoms with Crippen LogP contribution >= 0.6 is 0 Å². The summed E-state index contributed by atoms with van der Waals surface area (Å²) in [5, 5.41) is 8.60. The minimum absolute atomic E-state index is 0.401. The highest BCUT2D eigenvalue weighted by Gasteiger charge is 2.29. The number of benzene rings is 1. The average molecular weight is 307 g/mol. The zero-order valence-corrected chi connectivity index (χ0v) is 13.4. The van der Waals surface area contributed by atoms with Crippen LogP contribution in [0, 0.1) is 25.2 Å². The molecule has 0 aromatic heterocycles. The monoisotopic (exact) mass is 307 g/mol. The molecule has 1 aromatic rings. The minimum atomic E-state index is -3.41. The average Bonchev–Trinajstić information content (AvgIpc) is 2.45. The SMILES string of the molecule is Cc1ccc(S(=O)(=O)N2CCN(CCC#N)CC2)c(C)c1. The van der Waals surface area contributed by atoms with Crippen molar-refractivity contribution in [3.05, 3.63) is 29.3 Å². The molecule has 0 unspecified atom stereocenters. The Balaban J connectivity index is 2.10. The van der Waals surface area contributed by atoms with E-state index >= 15 is 0 Å². The number of hydrogen-bond acceptors (Lipinski definition) is 4. The fourth-order valence-electron chi connectivity index (χ4n) is 2.63. The van der Waals surface area contributed by atoms with Crippen molar-refractivity contribution in [2.45, 2.75) is 25.2 Å². The fourth-order valence-corrected chi connectivity index (χ4v) is 4.26. The van der Waals surface area contributed by atoms with Gasteiger partial charge in [-0.05, 0) is 25.5 Å². The Kier molecular flexibility index (Phi) is 4.99. The zero-order chi connectivity index (χ0) is 15.5. The number of rotatable bonds is 4. The Hall–Kier alpha value is -1.42. The van der Waals surface area contributed by atoms with Crippen LogP contribution in [0.25, 0.3) is 0 Å². The van der Waals surface area contributed by atoms with E-state index in [9.17, 15) is 8.42 Å². The van der Waals surface area contributed by atoms with E-state index in [2.05, 4.69) is 11.0 Å². The number of nitrogens with zero attached hydrogens (tertiary/aromatic N) is 3. The number of nitriles is 1. The molecule has 0 radical (unpaired) electrons. The van der Waals surface area contributed by atoms with Crippen LogP contribution in [-0.2, 0) is 10.0 Å². The second-order valence-corrected chi connectivity index (χ2v) is 7.33. The lowest BCUT2D eigenvalue weighted by Gasteiger charge is -2.33. The molecule has 1 aliphatic heterocycles. The molecule has 0 amide bonds. The first kappa shape index (κ1) is 16.0. The number of piperazine rings is 1. The zero-order valence-electron chi connectivity index (χ0n) is 12.5. The van der Waals surface area contributed by atoms with Gasteiger partial charge in [-0.3, -0.25) is 4.90 Å². The Bertz CT molecular complexity index is 641. The summed E-state index contributed by atoms with van der Waals surface area (Å²) in [6, 6.07) is 7.55. The van der Waals surface area contributed by atoms with Gasteiger partial charge >= 0.3 is 0 Å². The molecule has 1 aliphatic rings. The Morgan fingerprint density at radius 2 is 1.86 bits per heavy atom. The van der Waals surface area contributed by atoms with Crippen molar-refractivity contribution in [3.8, 4) is 6.07 Å². The molecule has 1 aromatic carbocycles. The van der Waals surface area contributed by atoms with Gasteiger partial charge in [0.2, 0.25) is 10.0 Å². The van der Waals surface area contributed by atoms with Gasteiger partial charge in [0.15, 0.2) is 0 Å². The summed E-state index contributed by atoms with van der Waals surface area (Å²) < 4.78 is 26.9. The first-order valence-electron chi connectivity index (χ1n) is 7.12. The number of aryl methyl sites for hydroxylation is 2. The van der Waals surface area contributed by atoms with Crippen molar-refractivity contribution in [3.63, 3.8) is 0 Å². The molecule has 0 N–H and O–H groups in total. The highest BCUT2D eigenvalue weighted by molar-refractivity contribution is 7.89. The van der Waals surface area contributed by atoms with Crippen LogP contribution in [0.2, 0.25) is 0 Å². The van der Waals surface area contributed by atoms with E-state index in [1.54, 1.807) is 10.4 Å². The summed E-state index contributed by atoms with van der Waals surface area (Å²) in [6.07, 6.45) is 0.490. The molecular weight excluding hydrogens is 286 g/mol. The predicted molar refractivity (Wildman–Crippen MR) is 81.3 cm³/mol. The van der Waals surface area contributed by atoms with E-state index in [4.69, 9.17) is 5.26 Å². The van der Waals surface area contributed by atoms with Gasteiger partial charge in [-0.15, -0.1) is 0 Å². The first-order chi connectivity index (χ1) is 9.95. The van der Waals surface area contributed by atoms with E-state index in [0.29, 0.717) is 44.0 Å². The maximum atomic E-state index is 12.7. The van der Waals surface area contributed by atoms with Crippen LogP contribution in [0.5, 0.6) is 0 Å². The quantitative estimate of drug-likeness (QED) is 0.846. The second kappa shape index (κ2) is 6.56. The molecule has 0 aliphatic carbocycles. The Labute approximate surface area is 126 Å². The van der Waals surface area contributed by atoms with E-state index in [1.165, 1.54) is 0 Å². The third kappa shape index (κ3) is 3.62. The van der Waals surface area contributed by atoms with Crippen molar-refractivity contribution in [1.29, 1.82) is 5.26 Å². The Morgan fingerprint density at radius 3 is 2.43 bits per heavy atom. The summed E-state index contributed by atoms with van der Waals surface area (Å²) in [7, 11) is -3.41. The Morgan fingerprint density at radius 1 is 1.19 bits per heavy atom. The molecule has 21 heavy (non-hydrogen) atoms. The van der Waals surface area contributed by atoms with Gasteiger partial charge in [-0.1, -0.05) is 17.7 Å². The standard InChI is InChI=1S/C15H21N3O2S/c1-13-4-5-15(14(2)12-13)21(19,20)18-10-8-17(9-11-18)7-3-6-16/h4-5,12H,3,7-11H2,1-2H3. The second-order valence-electron chi connectivity index (χ2n) is 5.42. The van der Waals surface area contributed by atoms with E-state index < -0.39 is 10.0 Å². The maximum absolute atomic E-state index is 12.7. The molecule has 0 spiro atoms. The molecule has 2 rings (SSSR count). The van der Waals surface area contributed by atoms with E-state index in [1.807, 2.05) is 26.0 Å². The molecule has 0 bridgehead atoms. The lowest BCUT2D eigenvalue weighted by molar-refractivity contribution is 0.191. The van der Waals surface area contributed by atoms with Crippen LogP contribution in [0.4, 0.5) is 0 Å². The molecular formula is C15H21N3O2S. The van der Waals surface area contributed by atoms with E-state index in [-0.39, 0.29) is 0 Å². The summed E-state index contributed by atoms with van der Waals surface area (Å²) >= 11 is 0. The van der Waals surface area contributed by atoms with Crippen LogP contribution in [0.1, 0.15) is 17.5 Å². The molecule has 1 heterocycles. The lowest BCUT2D eigenvalue weighted by Crippen LogP contribution is -2.48. The third-order valence-corrected chi connectivity index (χ3v) is 5.88. The molecule has 1 fully saturated rings. The van der Waals surface area contributed by atoms with Crippen molar-refractivity contribution in [2.24, 2.45) is 0 Å². The number of sulfonamides is 1. The van der Waals surface area contributed by atoms with Crippen molar-refractivity contribution in [1.82, 2.24) is 9.21 Å². The molecule has 1 saturated heterocycles. The minimum Gasteiger partial charge on any atom is -0.300 e. The highest BCUT2D eigenvalue weighted by atomic mass is 32.2. The highest BCUT2D eigenvalue weighted by Crippen LogP contribution is 2.22. The predicted octanol–water partition coefficient (Wildman–Crippen LogP) is 1.52. The molecule has 0 atom stereocenters. The summed E-state index contributed by atoms with van der Waals surface area (Å²) in [4.78, 5) is 2.54. The van der Waals surface area contributed by atoms with Crippen molar-refractivity contribution < 1.29 is 8.42 Å². The van der Waals surface area contributed by atoms with Crippen LogP contribution in [0.15, 0.2) is 23.1 Å². The third-order valence-electron chi connectivity index (χ3n) is 3.82. The van der Waals surface area contributed by atoms with Gasteiger partial charge in [-0.25, -0.2) is 8.42 Å². The van der Waals surface area contributed by atoms with Gasteiger partial charge in [0.05, 0.1) is 11.0 Å². The van der Waals surface area contributed by atoms with Crippen LogP contribution in [0.3, 0.4) is 0 Å². The molecule has 5 nitrogen and oxygen atoms in total. The first-order valence-corrected chi connectivity index (χ1v) is 8.56. The number of hydrogen-bond donors (Lipinski definition) is 0. The van der Waals surface area contributed by atoms with Gasteiger partial charge in [0.25, 0.3) is 0 Å². The largest absolute Gasteiger partial charge is 0.300 e. The normalized spacial score (nSPS) is 17.6. The van der Waals surface area contributed by atoms with Crippen LogP contribution in [-0.4, -0.2) is 50.3 Å². The maximum Gasteiger partial charge on any atom is 0.243 e. The smallest absolute Gasteiger partial charge is 0.243 e. The topological polar surface area (TPSA) is 64.4 Å². The van der Waals surface area contributed by atoms with Gasteiger partial charge in [0, 0.05) is 39.1 Å². The summed E-state index contributed by atoms with van der Waals surface area (Å²) in [5.41, 5.74) is 1.86. The fraction of sp³-hybridized carbons (Fsp3) is 0.533. The van der Waals surface area contributed by atoms with Gasteiger partial charge in [0.1, 0.15) is 0 Å². The van der Waals surface area contributed by atoms with E-state index in [0.717, 1.165) is 11.1 Å². The summed E-state index contributed by atoms with van der Waals surface area (Å²) in [6.45, 7) is 6.86.